The first kappa shape index (κ1) is 29.3. The minimum Gasteiger partial charge on any atom is -0.408 e. The van der Waals surface area contributed by atoms with E-state index in [9.17, 15) is 24.3 Å². The van der Waals surface area contributed by atoms with Gasteiger partial charge in [-0.3, -0.25) is 19.6 Å². The number of pyridine rings is 2. The van der Waals surface area contributed by atoms with Crippen molar-refractivity contribution in [1.29, 1.82) is 0 Å². The second kappa shape index (κ2) is 10.9. The van der Waals surface area contributed by atoms with Crippen LogP contribution in [0.1, 0.15) is 46.8 Å². The summed E-state index contributed by atoms with van der Waals surface area (Å²) in [6.45, 7) is 3.50. The molecule has 2 amide bonds. The number of Topliss-reactive ketones (excluding diaryl/α,β-unsaturated/α-hetero) is 1. The summed E-state index contributed by atoms with van der Waals surface area (Å²) < 4.78 is 7.32. The topological polar surface area (TPSA) is 206 Å². The number of rotatable bonds is 4. The van der Waals surface area contributed by atoms with Gasteiger partial charge in [0.05, 0.1) is 34.7 Å². The van der Waals surface area contributed by atoms with Crippen LogP contribution in [-0.2, 0) is 23.4 Å². The Bertz CT molecular complexity index is 2000. The highest BCUT2D eigenvalue weighted by Crippen LogP contribution is 2.40. The number of nitrogens with two attached hydrogens (primary N) is 1. The molecule has 1 atom stereocenters. The number of nitrogens with one attached hydrogen (secondary N) is 1. The van der Waals surface area contributed by atoms with E-state index < -0.39 is 17.6 Å². The van der Waals surface area contributed by atoms with Gasteiger partial charge in [-0.1, -0.05) is 6.92 Å². The highest BCUT2D eigenvalue weighted by atomic mass is 16.6. The van der Waals surface area contributed by atoms with Crippen molar-refractivity contribution >= 4 is 40.3 Å². The van der Waals surface area contributed by atoms with Gasteiger partial charge in [0.25, 0.3) is 11.5 Å². The molecule has 15 heteroatoms. The molecular formula is C31H30N8O7. The number of carbonyl (C=O) groups excluding carboxylic acids is 3. The number of ether oxygens (including phenoxy) is 1. The highest BCUT2D eigenvalue weighted by molar-refractivity contribution is 5.97. The molecule has 5 N–H and O–H groups in total. The predicted octanol–water partition coefficient (Wildman–Crippen LogP) is 1.35. The summed E-state index contributed by atoms with van der Waals surface area (Å²) in [4.78, 5) is 67.3. The van der Waals surface area contributed by atoms with Crippen LogP contribution in [0.3, 0.4) is 0 Å². The number of aliphatic hydroxyl groups is 1. The molecule has 0 unspecified atom stereocenters. The van der Waals surface area contributed by atoms with Gasteiger partial charge < -0.3 is 29.9 Å². The molecule has 1 saturated heterocycles. The van der Waals surface area contributed by atoms with Crippen LogP contribution >= 0.6 is 0 Å². The number of carbonyl (C=O) groups is 3. The molecular weight excluding hydrogens is 596 g/mol. The first-order valence-electron chi connectivity index (χ1n) is 14.9. The zero-order chi connectivity index (χ0) is 32.3. The van der Waals surface area contributed by atoms with Gasteiger partial charge in [-0.05, 0) is 37.1 Å². The van der Waals surface area contributed by atoms with Crippen LogP contribution < -0.4 is 26.4 Å². The lowest BCUT2D eigenvalue weighted by Crippen LogP contribution is -2.50. The maximum Gasteiger partial charge on any atom is 0.415 e. The maximum atomic E-state index is 13.5. The van der Waals surface area contributed by atoms with Gasteiger partial charge in [0.1, 0.15) is 5.60 Å². The molecule has 7 rings (SSSR count). The normalized spacial score (nSPS) is 18.6. The molecule has 5 heterocycles. The third kappa shape index (κ3) is 4.54. The molecule has 3 aliphatic rings. The van der Waals surface area contributed by atoms with Gasteiger partial charge in [-0.2, -0.15) is 0 Å². The van der Waals surface area contributed by atoms with Crippen LogP contribution in [0.2, 0.25) is 0 Å². The van der Waals surface area contributed by atoms with Crippen LogP contribution in [0.5, 0.6) is 5.75 Å². The molecule has 4 aromatic rings. The van der Waals surface area contributed by atoms with E-state index in [4.69, 9.17) is 20.7 Å². The zero-order valence-electron chi connectivity index (χ0n) is 24.8. The molecule has 1 fully saturated rings. The molecule has 0 radical (unpaired) electrons. The molecule has 0 bridgehead atoms. The van der Waals surface area contributed by atoms with Gasteiger partial charge in [0, 0.05) is 67.1 Å². The van der Waals surface area contributed by atoms with Crippen molar-refractivity contribution in [3.05, 3.63) is 69.3 Å². The van der Waals surface area contributed by atoms with E-state index in [1.807, 2.05) is 11.0 Å². The number of anilines is 2. The Balaban J connectivity index is 1.10. The summed E-state index contributed by atoms with van der Waals surface area (Å²) in [5, 5.41) is 20.5. The predicted molar refractivity (Wildman–Crippen MR) is 164 cm³/mol. The number of benzene rings is 1. The molecule has 3 aromatic heterocycles. The Morgan fingerprint density at radius 2 is 1.83 bits per heavy atom. The Hall–Kier alpha value is -5.41. The molecule has 0 saturated carbocycles. The summed E-state index contributed by atoms with van der Waals surface area (Å²) in [7, 11) is 0. The van der Waals surface area contributed by atoms with Crippen LogP contribution in [0.25, 0.3) is 22.3 Å². The monoisotopic (exact) mass is 626 g/mol. The standard InChI is InChI=1S/C31H30N8O7/c1-2-31(44)20-12-22-26-16(15-39(22)28(42)18(20)3-6-24(31)40)11-19-21(35-26)4-5-23(25(19)32)46-30(43)38-9-7-37(8-10-38)29-33-13-17(14-34-29)27(41)36-45/h4-5,11-14,44-45H,2-3,6-10,15,32H2,1H3,(H,36,41)/t31-/m0/s1. The summed E-state index contributed by atoms with van der Waals surface area (Å²) in [6, 6.07) is 6.82. The van der Waals surface area contributed by atoms with E-state index in [1.165, 1.54) is 17.9 Å². The highest BCUT2D eigenvalue weighted by Gasteiger charge is 2.43. The van der Waals surface area contributed by atoms with Crippen LogP contribution in [-0.4, -0.2) is 78.7 Å². The van der Waals surface area contributed by atoms with Crippen molar-refractivity contribution in [3.8, 4) is 17.1 Å². The maximum absolute atomic E-state index is 13.5. The lowest BCUT2D eigenvalue weighted by molar-refractivity contribution is -0.140. The number of piperazine rings is 1. The third-order valence-corrected chi connectivity index (χ3v) is 9.09. The lowest BCUT2D eigenvalue weighted by Gasteiger charge is -2.34. The number of nitrogens with zero attached hydrogens (tertiary/aromatic N) is 6. The van der Waals surface area contributed by atoms with Crippen LogP contribution in [0, 0.1) is 0 Å². The molecule has 236 valence electrons. The number of hydroxylamine groups is 1. The van der Waals surface area contributed by atoms with Crippen molar-refractivity contribution in [3.63, 3.8) is 0 Å². The number of aromatic nitrogens is 4. The van der Waals surface area contributed by atoms with Crippen LogP contribution in [0.4, 0.5) is 16.4 Å². The first-order chi connectivity index (χ1) is 22.1. The fourth-order valence-corrected chi connectivity index (χ4v) is 6.44. The van der Waals surface area contributed by atoms with Crippen molar-refractivity contribution in [2.45, 2.75) is 38.3 Å². The van der Waals surface area contributed by atoms with Gasteiger partial charge in [0.15, 0.2) is 11.5 Å². The molecule has 15 nitrogen and oxygen atoms in total. The quantitative estimate of drug-likeness (QED) is 0.127. The number of amides is 2. The van der Waals surface area contributed by atoms with E-state index in [2.05, 4.69) is 9.97 Å². The number of nitrogen functional groups attached to an aromatic ring is 1. The second-order valence-electron chi connectivity index (χ2n) is 11.5. The summed E-state index contributed by atoms with van der Waals surface area (Å²) in [5.41, 5.74) is 9.63. The summed E-state index contributed by atoms with van der Waals surface area (Å²) >= 11 is 0. The molecule has 0 spiro atoms. The van der Waals surface area contributed by atoms with Gasteiger partial charge in [-0.15, -0.1) is 0 Å². The minimum absolute atomic E-state index is 0.112. The first-order valence-corrected chi connectivity index (χ1v) is 14.9. The Morgan fingerprint density at radius 3 is 2.52 bits per heavy atom. The lowest BCUT2D eigenvalue weighted by atomic mass is 9.77. The Morgan fingerprint density at radius 1 is 1.09 bits per heavy atom. The minimum atomic E-state index is -1.70. The molecule has 1 aromatic carbocycles. The summed E-state index contributed by atoms with van der Waals surface area (Å²) in [5.74, 6) is -0.433. The fourth-order valence-electron chi connectivity index (χ4n) is 6.44. The number of hydrogen-bond acceptors (Lipinski definition) is 12. The van der Waals surface area contributed by atoms with E-state index >= 15 is 0 Å². The average molecular weight is 627 g/mol. The number of ketones is 1. The van der Waals surface area contributed by atoms with Gasteiger partial charge in [-0.25, -0.2) is 25.2 Å². The van der Waals surface area contributed by atoms with Crippen molar-refractivity contribution in [2.75, 3.05) is 36.8 Å². The van der Waals surface area contributed by atoms with Crippen molar-refractivity contribution < 1.29 is 29.4 Å². The van der Waals surface area contributed by atoms with Gasteiger partial charge >= 0.3 is 6.09 Å². The van der Waals surface area contributed by atoms with E-state index in [-0.39, 0.29) is 54.2 Å². The SMILES string of the molecule is CC[C@@]1(O)C(=O)CCc2c1cc1n(c2=O)Cc2cc3c(N)c(OC(=O)N4CCN(c5ncc(C(=O)NO)cn5)CC4)ccc3nc2-1. The van der Waals surface area contributed by atoms with E-state index in [0.717, 1.165) is 5.56 Å². The zero-order valence-corrected chi connectivity index (χ0v) is 24.8. The van der Waals surface area contributed by atoms with Gasteiger partial charge in [0.2, 0.25) is 5.95 Å². The Labute approximate surface area is 261 Å². The second-order valence-corrected chi connectivity index (χ2v) is 11.5. The van der Waals surface area contributed by atoms with Crippen molar-refractivity contribution in [1.82, 2.24) is 29.9 Å². The Kier molecular flexibility index (Phi) is 6.94. The molecule has 2 aliphatic heterocycles. The van der Waals surface area contributed by atoms with Crippen LogP contribution in [0.15, 0.2) is 41.5 Å². The average Bonchev–Trinajstić information content (AvgIpc) is 3.45. The molecule has 1 aliphatic carbocycles. The third-order valence-electron chi connectivity index (χ3n) is 9.09. The number of fused-ring (bicyclic) bond motifs is 5. The summed E-state index contributed by atoms with van der Waals surface area (Å²) in [6.07, 6.45) is 2.61. The smallest absolute Gasteiger partial charge is 0.408 e. The number of hydrogen-bond donors (Lipinski definition) is 4. The van der Waals surface area contributed by atoms with E-state index in [1.54, 1.807) is 34.6 Å². The van der Waals surface area contributed by atoms with Crippen molar-refractivity contribution in [2.24, 2.45) is 0 Å². The van der Waals surface area contributed by atoms with E-state index in [0.29, 0.717) is 65.5 Å². The molecule has 46 heavy (non-hydrogen) atoms. The fraction of sp³-hybridized carbons (Fsp3) is 0.323. The largest absolute Gasteiger partial charge is 0.415 e.